The molecule has 1 unspecified atom stereocenters. The number of rotatable bonds is 3. The molecule has 1 aromatic heterocycles. The molecule has 88 valence electrons. The number of carbonyl (C=O) groups excluding carboxylic acids is 1. The Bertz CT molecular complexity index is 413. The summed E-state index contributed by atoms with van der Waals surface area (Å²) in [6, 6.07) is -0.526. The Kier molecular flexibility index (Phi) is 3.49. The number of nitrogens with two attached hydrogens (primary N) is 1. The number of likely N-dealkylation sites (N-methyl/N-ethyl adjacent to an activating group) is 1. The zero-order valence-electron chi connectivity index (χ0n) is 9.34. The SMILES string of the molecule is Cc1ncoc1C(=O)N(C)C(C)C(N)=NO. The first-order valence-electron chi connectivity index (χ1n) is 4.63. The van der Waals surface area contributed by atoms with E-state index in [1.54, 1.807) is 13.8 Å². The largest absolute Gasteiger partial charge is 0.438 e. The molecule has 7 nitrogen and oxygen atoms in total. The van der Waals surface area contributed by atoms with E-state index in [1.807, 2.05) is 0 Å². The highest BCUT2D eigenvalue weighted by Crippen LogP contribution is 2.10. The third-order valence-electron chi connectivity index (χ3n) is 2.38. The van der Waals surface area contributed by atoms with E-state index in [2.05, 4.69) is 10.1 Å². The minimum atomic E-state index is -0.526. The fraction of sp³-hybridized carbons (Fsp3) is 0.444. The van der Waals surface area contributed by atoms with Crippen LogP contribution in [0.4, 0.5) is 0 Å². The van der Waals surface area contributed by atoms with Crippen LogP contribution >= 0.6 is 0 Å². The van der Waals surface area contributed by atoms with Crippen molar-refractivity contribution in [2.75, 3.05) is 7.05 Å². The van der Waals surface area contributed by atoms with Crippen molar-refractivity contribution in [1.82, 2.24) is 9.88 Å². The second-order valence-electron chi connectivity index (χ2n) is 3.38. The second kappa shape index (κ2) is 4.65. The number of carbonyl (C=O) groups is 1. The molecule has 0 radical (unpaired) electrons. The summed E-state index contributed by atoms with van der Waals surface area (Å²) in [6.07, 6.45) is 1.20. The van der Waals surface area contributed by atoms with Crippen molar-refractivity contribution in [1.29, 1.82) is 0 Å². The molecule has 1 rings (SSSR count). The molecule has 1 amide bonds. The second-order valence-corrected chi connectivity index (χ2v) is 3.38. The van der Waals surface area contributed by atoms with Gasteiger partial charge in [-0.25, -0.2) is 4.98 Å². The number of amides is 1. The van der Waals surface area contributed by atoms with Crippen molar-refractivity contribution in [2.45, 2.75) is 19.9 Å². The molecule has 0 saturated heterocycles. The van der Waals surface area contributed by atoms with Crippen LogP contribution in [0.3, 0.4) is 0 Å². The van der Waals surface area contributed by atoms with E-state index < -0.39 is 6.04 Å². The van der Waals surface area contributed by atoms with Crippen LogP contribution in [0, 0.1) is 6.92 Å². The van der Waals surface area contributed by atoms with Crippen molar-refractivity contribution in [3.63, 3.8) is 0 Å². The Labute approximate surface area is 92.5 Å². The van der Waals surface area contributed by atoms with Gasteiger partial charge in [0.15, 0.2) is 12.2 Å². The average Bonchev–Trinajstić information content (AvgIpc) is 2.71. The first kappa shape index (κ1) is 12.0. The van der Waals surface area contributed by atoms with Crippen molar-refractivity contribution >= 4 is 11.7 Å². The monoisotopic (exact) mass is 226 g/mol. The van der Waals surface area contributed by atoms with Crippen LogP contribution in [0.25, 0.3) is 0 Å². The summed E-state index contributed by atoms with van der Waals surface area (Å²) in [5.74, 6) is -0.262. The van der Waals surface area contributed by atoms with Gasteiger partial charge in [-0.1, -0.05) is 5.16 Å². The van der Waals surface area contributed by atoms with E-state index in [1.165, 1.54) is 18.3 Å². The minimum absolute atomic E-state index is 0.0481. The number of aromatic nitrogens is 1. The number of aryl methyl sites for hydroxylation is 1. The van der Waals surface area contributed by atoms with Gasteiger partial charge in [0.25, 0.3) is 5.91 Å². The summed E-state index contributed by atoms with van der Waals surface area (Å²) in [5.41, 5.74) is 5.91. The van der Waals surface area contributed by atoms with E-state index in [9.17, 15) is 4.79 Å². The molecule has 0 bridgehead atoms. The zero-order valence-corrected chi connectivity index (χ0v) is 9.34. The number of oxime groups is 1. The van der Waals surface area contributed by atoms with Crippen LogP contribution in [0.1, 0.15) is 23.2 Å². The van der Waals surface area contributed by atoms with Gasteiger partial charge in [-0.05, 0) is 13.8 Å². The maximum atomic E-state index is 11.9. The lowest BCUT2D eigenvalue weighted by molar-refractivity contribution is 0.0743. The predicted octanol–water partition coefficient (Wildman–Crippen LogP) is 0.190. The van der Waals surface area contributed by atoms with E-state index in [-0.39, 0.29) is 17.5 Å². The maximum Gasteiger partial charge on any atom is 0.291 e. The molecule has 1 heterocycles. The molecule has 1 aromatic rings. The normalized spacial score (nSPS) is 13.6. The topological polar surface area (TPSA) is 105 Å². The lowest BCUT2D eigenvalue weighted by Crippen LogP contribution is -2.43. The van der Waals surface area contributed by atoms with Crippen LogP contribution in [0.15, 0.2) is 16.0 Å². The van der Waals surface area contributed by atoms with Crippen molar-refractivity contribution < 1.29 is 14.4 Å². The molecule has 0 aliphatic rings. The Morgan fingerprint density at radius 1 is 1.75 bits per heavy atom. The summed E-state index contributed by atoms with van der Waals surface area (Å²) in [5, 5.41) is 11.4. The number of hydrogen-bond donors (Lipinski definition) is 2. The Morgan fingerprint density at radius 2 is 2.38 bits per heavy atom. The van der Waals surface area contributed by atoms with Crippen molar-refractivity contribution in [2.24, 2.45) is 10.9 Å². The minimum Gasteiger partial charge on any atom is -0.438 e. The van der Waals surface area contributed by atoms with Gasteiger partial charge in [0.1, 0.15) is 0 Å². The number of amidine groups is 1. The van der Waals surface area contributed by atoms with Crippen LogP contribution in [-0.4, -0.2) is 39.9 Å². The van der Waals surface area contributed by atoms with Gasteiger partial charge in [-0.2, -0.15) is 0 Å². The van der Waals surface area contributed by atoms with Gasteiger partial charge >= 0.3 is 0 Å². The molecule has 0 spiro atoms. The highest BCUT2D eigenvalue weighted by molar-refractivity contribution is 5.96. The van der Waals surface area contributed by atoms with E-state index >= 15 is 0 Å². The van der Waals surface area contributed by atoms with Crippen LogP contribution in [0.5, 0.6) is 0 Å². The van der Waals surface area contributed by atoms with Gasteiger partial charge < -0.3 is 20.3 Å². The lowest BCUT2D eigenvalue weighted by Gasteiger charge is -2.22. The van der Waals surface area contributed by atoms with E-state index in [0.717, 1.165) is 0 Å². The van der Waals surface area contributed by atoms with Gasteiger partial charge in [-0.15, -0.1) is 0 Å². The number of oxazole rings is 1. The summed E-state index contributed by atoms with van der Waals surface area (Å²) < 4.78 is 4.97. The number of hydrogen-bond acceptors (Lipinski definition) is 5. The van der Waals surface area contributed by atoms with Gasteiger partial charge in [0, 0.05) is 7.05 Å². The average molecular weight is 226 g/mol. The van der Waals surface area contributed by atoms with Crippen molar-refractivity contribution in [3.05, 3.63) is 17.8 Å². The Balaban J connectivity index is 2.87. The van der Waals surface area contributed by atoms with Crippen molar-refractivity contribution in [3.8, 4) is 0 Å². The van der Waals surface area contributed by atoms with Crippen LogP contribution in [0.2, 0.25) is 0 Å². The Morgan fingerprint density at radius 3 is 2.81 bits per heavy atom. The summed E-state index contributed by atoms with van der Waals surface area (Å²) in [6.45, 7) is 3.30. The van der Waals surface area contributed by atoms with E-state index in [4.69, 9.17) is 15.4 Å². The maximum absolute atomic E-state index is 11.9. The standard InChI is InChI=1S/C9H14N4O3/c1-5-7(16-4-11-5)9(14)13(3)6(2)8(10)12-15/h4,6,15H,1-3H3,(H2,10,12). The first-order valence-corrected chi connectivity index (χ1v) is 4.63. The molecular formula is C9H14N4O3. The third kappa shape index (κ3) is 2.13. The summed E-state index contributed by atoms with van der Waals surface area (Å²) >= 11 is 0. The van der Waals surface area contributed by atoms with Crippen LogP contribution < -0.4 is 5.73 Å². The lowest BCUT2D eigenvalue weighted by atomic mass is 10.2. The fourth-order valence-electron chi connectivity index (χ4n) is 1.13. The zero-order chi connectivity index (χ0) is 12.3. The summed E-state index contributed by atoms with van der Waals surface area (Å²) in [4.78, 5) is 17.0. The quantitative estimate of drug-likeness (QED) is 0.331. The molecule has 0 fully saturated rings. The van der Waals surface area contributed by atoms with E-state index in [0.29, 0.717) is 5.69 Å². The smallest absolute Gasteiger partial charge is 0.291 e. The predicted molar refractivity (Wildman–Crippen MR) is 56.2 cm³/mol. The third-order valence-corrected chi connectivity index (χ3v) is 2.38. The highest BCUT2D eigenvalue weighted by Gasteiger charge is 2.24. The van der Waals surface area contributed by atoms with Gasteiger partial charge in [0.05, 0.1) is 11.7 Å². The molecule has 16 heavy (non-hydrogen) atoms. The molecule has 3 N–H and O–H groups in total. The van der Waals surface area contributed by atoms with Gasteiger partial charge in [-0.3, -0.25) is 4.79 Å². The summed E-state index contributed by atoms with van der Waals surface area (Å²) in [7, 11) is 1.53. The first-order chi connectivity index (χ1) is 7.49. The molecular weight excluding hydrogens is 212 g/mol. The molecule has 0 aliphatic carbocycles. The number of nitrogens with zero attached hydrogens (tertiary/aromatic N) is 3. The molecule has 7 heteroatoms. The molecule has 0 aliphatic heterocycles. The fourth-order valence-corrected chi connectivity index (χ4v) is 1.13. The van der Waals surface area contributed by atoms with Crippen LogP contribution in [-0.2, 0) is 0 Å². The highest BCUT2D eigenvalue weighted by atomic mass is 16.4. The Hall–Kier alpha value is -2.05. The molecule has 0 aromatic carbocycles. The molecule has 0 saturated carbocycles. The molecule has 1 atom stereocenters. The van der Waals surface area contributed by atoms with Gasteiger partial charge in [0.2, 0.25) is 5.76 Å².